The molecule has 0 radical (unpaired) electrons. The minimum absolute atomic E-state index is 0. The Morgan fingerprint density at radius 2 is 1.63 bits per heavy atom. The molecule has 0 aliphatic carbocycles. The highest BCUT2D eigenvalue weighted by atomic mass is 35.5. The summed E-state index contributed by atoms with van der Waals surface area (Å²) in [6, 6.07) is 16.6. The average Bonchev–Trinajstić information content (AvgIpc) is 2.90. The van der Waals surface area contributed by atoms with E-state index < -0.39 is 15.9 Å². The van der Waals surface area contributed by atoms with Crippen molar-refractivity contribution in [3.05, 3.63) is 82.3 Å². The van der Waals surface area contributed by atoms with Crippen molar-refractivity contribution in [2.24, 2.45) is 0 Å². The number of hydrogen-bond acceptors (Lipinski definition) is 6. The van der Waals surface area contributed by atoms with Gasteiger partial charge >= 0.3 is 0 Å². The van der Waals surface area contributed by atoms with Crippen LogP contribution in [0.4, 0.5) is 5.69 Å². The largest absolute Gasteiger partial charge is 0.454 e. The fraction of sp³-hybridized carbons (Fsp3) is 0.200. The molecule has 3 aromatic rings. The van der Waals surface area contributed by atoms with E-state index in [-0.39, 0.29) is 51.8 Å². The van der Waals surface area contributed by atoms with Gasteiger partial charge in [0.1, 0.15) is 5.75 Å². The number of carbonyl (C=O) groups is 2. The summed E-state index contributed by atoms with van der Waals surface area (Å²) >= 11 is 12.1. The lowest BCUT2D eigenvalue weighted by Gasteiger charge is -2.27. The van der Waals surface area contributed by atoms with Gasteiger partial charge in [0.15, 0.2) is 5.75 Å². The zero-order chi connectivity index (χ0) is 26.4. The van der Waals surface area contributed by atoms with Gasteiger partial charge in [-0.2, -0.15) is 0 Å². The van der Waals surface area contributed by atoms with Crippen LogP contribution >= 0.6 is 35.6 Å². The molecule has 0 unspecified atom stereocenters. The summed E-state index contributed by atoms with van der Waals surface area (Å²) < 4.78 is 34.4. The van der Waals surface area contributed by atoms with Gasteiger partial charge in [-0.3, -0.25) is 14.3 Å². The van der Waals surface area contributed by atoms with Crippen LogP contribution in [0.2, 0.25) is 10.0 Å². The molecule has 38 heavy (non-hydrogen) atoms. The normalized spacial score (nSPS) is 13.3. The molecule has 1 aliphatic rings. The Bertz CT molecular complexity index is 1400. The van der Waals surface area contributed by atoms with Crippen LogP contribution in [0.3, 0.4) is 0 Å². The van der Waals surface area contributed by atoms with Crippen molar-refractivity contribution >= 4 is 63.1 Å². The number of benzene rings is 3. The van der Waals surface area contributed by atoms with Gasteiger partial charge < -0.3 is 20.3 Å². The summed E-state index contributed by atoms with van der Waals surface area (Å²) in [6.07, 6.45) is 0. The molecule has 1 fully saturated rings. The second kappa shape index (κ2) is 13.2. The molecule has 2 amide bonds. The Hall–Kier alpha value is -3.02. The fourth-order valence-electron chi connectivity index (χ4n) is 3.59. The van der Waals surface area contributed by atoms with E-state index in [0.717, 1.165) is 13.1 Å². The molecule has 4 rings (SSSR count). The quantitative estimate of drug-likeness (QED) is 0.358. The summed E-state index contributed by atoms with van der Waals surface area (Å²) in [5.41, 5.74) is 0.426. The number of amides is 2. The second-order valence-corrected chi connectivity index (χ2v) is 10.6. The van der Waals surface area contributed by atoms with E-state index in [9.17, 15) is 18.0 Å². The molecular weight excluding hydrogens is 575 g/mol. The van der Waals surface area contributed by atoms with Gasteiger partial charge in [0.2, 0.25) is 5.91 Å². The first kappa shape index (κ1) is 29.5. The number of ether oxygens (including phenoxy) is 1. The molecule has 3 aromatic carbocycles. The summed E-state index contributed by atoms with van der Waals surface area (Å²) in [5, 5.41) is 6.45. The van der Waals surface area contributed by atoms with E-state index in [1.54, 1.807) is 41.3 Å². The number of halogens is 3. The Morgan fingerprint density at radius 3 is 2.32 bits per heavy atom. The van der Waals surface area contributed by atoms with Crippen LogP contribution in [0.25, 0.3) is 0 Å². The summed E-state index contributed by atoms with van der Waals surface area (Å²) in [6.45, 7) is 2.49. The predicted molar refractivity (Wildman–Crippen MR) is 149 cm³/mol. The highest BCUT2D eigenvalue weighted by Crippen LogP contribution is 2.35. The van der Waals surface area contributed by atoms with E-state index in [1.165, 1.54) is 30.3 Å². The van der Waals surface area contributed by atoms with E-state index >= 15 is 0 Å². The number of para-hydroxylation sites is 2. The van der Waals surface area contributed by atoms with Gasteiger partial charge in [0.25, 0.3) is 15.9 Å². The number of rotatable bonds is 8. The Balaban J connectivity index is 0.00000400. The summed E-state index contributed by atoms with van der Waals surface area (Å²) in [7, 11) is -4.01. The molecule has 3 N–H and O–H groups in total. The van der Waals surface area contributed by atoms with Crippen molar-refractivity contribution in [2.75, 3.05) is 37.4 Å². The van der Waals surface area contributed by atoms with Crippen LogP contribution in [0.5, 0.6) is 11.5 Å². The zero-order valence-electron chi connectivity index (χ0n) is 19.9. The first-order valence-electron chi connectivity index (χ1n) is 11.3. The maximum atomic E-state index is 13.0. The minimum Gasteiger partial charge on any atom is -0.454 e. The standard InChI is InChI=1S/C25H24Cl2N4O5S.ClH/c26-18-7-10-22(20(27)15-18)36-23-4-2-1-3-21(23)30-37(34,35)19-8-5-17(6-9-19)25(33)29-16-24(32)31-13-11-28-12-14-31;/h1-10,15,28,30H,11-14,16H2,(H,29,33);1H. The van der Waals surface area contributed by atoms with E-state index in [0.29, 0.717) is 23.9 Å². The minimum atomic E-state index is -4.01. The number of anilines is 1. The fourth-order valence-corrected chi connectivity index (χ4v) is 5.11. The third-order valence-corrected chi connectivity index (χ3v) is 7.45. The maximum Gasteiger partial charge on any atom is 0.262 e. The lowest BCUT2D eigenvalue weighted by Crippen LogP contribution is -2.49. The van der Waals surface area contributed by atoms with Crippen LogP contribution in [0.15, 0.2) is 71.6 Å². The van der Waals surface area contributed by atoms with Gasteiger partial charge in [-0.1, -0.05) is 35.3 Å². The van der Waals surface area contributed by atoms with Crippen LogP contribution in [-0.4, -0.2) is 57.9 Å². The van der Waals surface area contributed by atoms with Gasteiger partial charge in [-0.15, -0.1) is 12.4 Å². The third kappa shape index (κ3) is 7.52. The van der Waals surface area contributed by atoms with Crippen LogP contribution in [0, 0.1) is 0 Å². The Kier molecular flexibility index (Phi) is 10.2. The smallest absolute Gasteiger partial charge is 0.262 e. The molecule has 0 atom stereocenters. The van der Waals surface area contributed by atoms with Crippen molar-refractivity contribution in [3.63, 3.8) is 0 Å². The number of nitrogens with one attached hydrogen (secondary N) is 3. The molecule has 0 aromatic heterocycles. The summed E-state index contributed by atoms with van der Waals surface area (Å²) in [4.78, 5) is 26.3. The topological polar surface area (TPSA) is 117 Å². The van der Waals surface area contributed by atoms with E-state index in [2.05, 4.69) is 15.4 Å². The Morgan fingerprint density at radius 1 is 0.947 bits per heavy atom. The van der Waals surface area contributed by atoms with Crippen molar-refractivity contribution in [2.45, 2.75) is 4.90 Å². The molecule has 0 bridgehead atoms. The average molecular weight is 600 g/mol. The summed E-state index contributed by atoms with van der Waals surface area (Å²) in [5.74, 6) is -0.0954. The molecule has 1 saturated heterocycles. The third-order valence-electron chi connectivity index (χ3n) is 5.54. The van der Waals surface area contributed by atoms with Gasteiger partial charge in [0.05, 0.1) is 22.2 Å². The molecule has 1 aliphatic heterocycles. The number of hydrogen-bond donors (Lipinski definition) is 3. The monoisotopic (exact) mass is 598 g/mol. The molecule has 0 spiro atoms. The number of piperazine rings is 1. The van der Waals surface area contributed by atoms with Crippen molar-refractivity contribution in [3.8, 4) is 11.5 Å². The number of nitrogens with zero attached hydrogens (tertiary/aromatic N) is 1. The van der Waals surface area contributed by atoms with Gasteiger partial charge in [-0.05, 0) is 54.6 Å². The Labute approximate surface area is 236 Å². The van der Waals surface area contributed by atoms with Crippen LogP contribution < -0.4 is 20.1 Å². The van der Waals surface area contributed by atoms with Crippen molar-refractivity contribution < 1.29 is 22.7 Å². The molecule has 202 valence electrons. The molecule has 1 heterocycles. The number of sulfonamides is 1. The van der Waals surface area contributed by atoms with Gasteiger partial charge in [-0.25, -0.2) is 8.42 Å². The molecule has 0 saturated carbocycles. The molecule has 9 nitrogen and oxygen atoms in total. The van der Waals surface area contributed by atoms with E-state index in [1.807, 2.05) is 0 Å². The van der Waals surface area contributed by atoms with Crippen LogP contribution in [0.1, 0.15) is 10.4 Å². The second-order valence-electron chi connectivity index (χ2n) is 8.12. The molecule has 13 heteroatoms. The predicted octanol–water partition coefficient (Wildman–Crippen LogP) is 4.17. The van der Waals surface area contributed by atoms with Crippen molar-refractivity contribution in [1.82, 2.24) is 15.5 Å². The SMILES string of the molecule is Cl.O=C(NCC(=O)N1CCNCC1)c1ccc(S(=O)(=O)Nc2ccccc2Oc2ccc(Cl)cc2Cl)cc1. The lowest BCUT2D eigenvalue weighted by molar-refractivity contribution is -0.130. The van der Waals surface area contributed by atoms with E-state index in [4.69, 9.17) is 27.9 Å². The van der Waals surface area contributed by atoms with Crippen molar-refractivity contribution in [1.29, 1.82) is 0 Å². The maximum absolute atomic E-state index is 13.0. The lowest BCUT2D eigenvalue weighted by atomic mass is 10.2. The first-order chi connectivity index (χ1) is 17.7. The van der Waals surface area contributed by atoms with Gasteiger partial charge in [0, 0.05) is 36.8 Å². The van der Waals surface area contributed by atoms with Crippen LogP contribution in [-0.2, 0) is 14.8 Å². The highest BCUT2D eigenvalue weighted by Gasteiger charge is 2.20. The first-order valence-corrected chi connectivity index (χ1v) is 13.6. The molecular formula is C25H25Cl3N4O5S. The zero-order valence-corrected chi connectivity index (χ0v) is 23.1. The number of carbonyl (C=O) groups excluding carboxylic acids is 2. The highest BCUT2D eigenvalue weighted by molar-refractivity contribution is 7.92.